The first-order valence-corrected chi connectivity index (χ1v) is 10.4. The lowest BCUT2D eigenvalue weighted by atomic mass is 10.1. The van der Waals surface area contributed by atoms with Crippen LogP contribution in [0, 0.1) is 6.92 Å². The van der Waals surface area contributed by atoms with Gasteiger partial charge >= 0.3 is 0 Å². The van der Waals surface area contributed by atoms with Crippen LogP contribution in [0.1, 0.15) is 23.8 Å². The van der Waals surface area contributed by atoms with Crippen LogP contribution in [0.4, 0.5) is 0 Å². The first-order valence-electron chi connectivity index (χ1n) is 10.4. The highest BCUT2D eigenvalue weighted by molar-refractivity contribution is 5.79. The lowest BCUT2D eigenvalue weighted by molar-refractivity contribution is 0.306. The Morgan fingerprint density at radius 1 is 0.969 bits per heavy atom. The van der Waals surface area contributed by atoms with Crippen molar-refractivity contribution >= 4 is 17.0 Å². The first kappa shape index (κ1) is 21.2. The molecular weight excluding hydrogens is 404 g/mol. The Labute approximate surface area is 186 Å². The van der Waals surface area contributed by atoms with Gasteiger partial charge in [0.15, 0.2) is 11.5 Å². The molecule has 162 valence electrons. The molecule has 0 aliphatic rings. The Morgan fingerprint density at radius 2 is 1.72 bits per heavy atom. The summed E-state index contributed by atoms with van der Waals surface area (Å²) in [6.45, 7) is 8.25. The third-order valence-corrected chi connectivity index (χ3v) is 4.97. The summed E-state index contributed by atoms with van der Waals surface area (Å²) < 4.78 is 23.3. The van der Waals surface area contributed by atoms with E-state index < -0.39 is 0 Å². The highest BCUT2D eigenvalue weighted by Gasteiger charge is 2.16. The van der Waals surface area contributed by atoms with Crippen LogP contribution in [0.15, 0.2) is 82.5 Å². The van der Waals surface area contributed by atoms with Gasteiger partial charge in [0.25, 0.3) is 0 Å². The maximum Gasteiger partial charge on any atom is 0.235 e. The van der Waals surface area contributed by atoms with E-state index in [4.69, 9.17) is 18.6 Å². The van der Waals surface area contributed by atoms with Gasteiger partial charge in [-0.3, -0.25) is 4.79 Å². The molecule has 0 aliphatic carbocycles. The predicted molar refractivity (Wildman–Crippen MR) is 126 cm³/mol. The van der Waals surface area contributed by atoms with Crippen LogP contribution < -0.4 is 19.6 Å². The van der Waals surface area contributed by atoms with E-state index >= 15 is 0 Å². The average Bonchev–Trinajstić information content (AvgIpc) is 2.81. The lowest BCUT2D eigenvalue weighted by Crippen LogP contribution is -2.08. The van der Waals surface area contributed by atoms with E-state index in [-0.39, 0.29) is 11.2 Å². The van der Waals surface area contributed by atoms with E-state index in [1.807, 2.05) is 43.3 Å². The maximum absolute atomic E-state index is 13.1. The fraction of sp³-hybridized carbons (Fsp3) is 0.148. The van der Waals surface area contributed by atoms with Crippen molar-refractivity contribution in [1.82, 2.24) is 0 Å². The van der Waals surface area contributed by atoms with Crippen LogP contribution in [-0.4, -0.2) is 6.61 Å². The molecule has 0 aliphatic heterocycles. The van der Waals surface area contributed by atoms with Crippen LogP contribution in [0.2, 0.25) is 0 Å². The van der Waals surface area contributed by atoms with Gasteiger partial charge in [0, 0.05) is 6.07 Å². The van der Waals surface area contributed by atoms with Gasteiger partial charge in [0.2, 0.25) is 11.2 Å². The second kappa shape index (κ2) is 9.43. The molecule has 0 atom stereocenters. The molecule has 0 N–H and O–H groups in total. The van der Waals surface area contributed by atoms with Crippen molar-refractivity contribution < 1.29 is 18.6 Å². The molecule has 0 saturated heterocycles. The Hall–Kier alpha value is -3.99. The number of hydrogen-bond acceptors (Lipinski definition) is 5. The summed E-state index contributed by atoms with van der Waals surface area (Å²) in [6, 6.07) is 20.4. The highest BCUT2D eigenvalue weighted by Crippen LogP contribution is 2.33. The first-order chi connectivity index (χ1) is 15.6. The summed E-state index contributed by atoms with van der Waals surface area (Å²) in [4.78, 5) is 13.1. The SMILES string of the molecule is C=Cc1ccc(COc2ccc3c(=O)c(Oc4ccccc4OCC)c(C)oc3c2)cc1. The summed E-state index contributed by atoms with van der Waals surface area (Å²) in [5, 5.41) is 0.419. The maximum atomic E-state index is 13.1. The van der Waals surface area contributed by atoms with Crippen LogP contribution in [-0.2, 0) is 6.61 Å². The molecule has 1 heterocycles. The van der Waals surface area contributed by atoms with Crippen molar-refractivity contribution in [3.05, 3.63) is 100 Å². The quantitative estimate of drug-likeness (QED) is 0.320. The van der Waals surface area contributed by atoms with Crippen molar-refractivity contribution in [2.75, 3.05) is 6.61 Å². The average molecular weight is 428 g/mol. The Balaban J connectivity index is 1.59. The molecule has 0 bridgehead atoms. The van der Waals surface area contributed by atoms with Gasteiger partial charge in [-0.1, -0.05) is 49.1 Å². The minimum absolute atomic E-state index is 0.139. The van der Waals surface area contributed by atoms with Gasteiger partial charge in [-0.05, 0) is 49.2 Å². The zero-order chi connectivity index (χ0) is 22.5. The second-order valence-electron chi connectivity index (χ2n) is 7.19. The van der Waals surface area contributed by atoms with Gasteiger partial charge in [0.1, 0.15) is 23.7 Å². The van der Waals surface area contributed by atoms with Crippen molar-refractivity contribution in [2.45, 2.75) is 20.5 Å². The van der Waals surface area contributed by atoms with Gasteiger partial charge in [-0.25, -0.2) is 0 Å². The van der Waals surface area contributed by atoms with Gasteiger partial charge in [-0.15, -0.1) is 0 Å². The summed E-state index contributed by atoms with van der Waals surface area (Å²) in [5.74, 6) is 2.17. The lowest BCUT2D eigenvalue weighted by Gasteiger charge is -2.13. The molecule has 3 aromatic carbocycles. The molecule has 0 radical (unpaired) electrons. The van der Waals surface area contributed by atoms with Gasteiger partial charge in [-0.2, -0.15) is 0 Å². The van der Waals surface area contributed by atoms with E-state index in [1.165, 1.54) is 0 Å². The minimum atomic E-state index is -0.249. The Morgan fingerprint density at radius 3 is 2.44 bits per heavy atom. The summed E-state index contributed by atoms with van der Waals surface area (Å²) in [6.07, 6.45) is 1.80. The molecule has 32 heavy (non-hydrogen) atoms. The van der Waals surface area contributed by atoms with E-state index in [0.717, 1.165) is 11.1 Å². The Bertz CT molecular complexity index is 1300. The highest BCUT2D eigenvalue weighted by atomic mass is 16.5. The topological polar surface area (TPSA) is 57.9 Å². The van der Waals surface area contributed by atoms with E-state index in [0.29, 0.717) is 47.2 Å². The van der Waals surface area contributed by atoms with Crippen LogP contribution in [0.5, 0.6) is 23.0 Å². The summed E-state index contributed by atoms with van der Waals surface area (Å²) >= 11 is 0. The van der Waals surface area contributed by atoms with Crippen molar-refractivity contribution in [3.63, 3.8) is 0 Å². The normalized spacial score (nSPS) is 10.7. The standard InChI is InChI=1S/C27H24O5/c1-4-19-10-12-20(13-11-19)17-30-21-14-15-22-25(16-21)31-18(3)27(26(22)28)32-24-9-7-6-8-23(24)29-5-2/h4,6-16H,1,5,17H2,2-3H3. The zero-order valence-corrected chi connectivity index (χ0v) is 18.1. The zero-order valence-electron chi connectivity index (χ0n) is 18.1. The molecule has 4 aromatic rings. The van der Waals surface area contributed by atoms with Crippen molar-refractivity contribution in [1.29, 1.82) is 0 Å². The molecule has 0 spiro atoms. The molecular formula is C27H24O5. The van der Waals surface area contributed by atoms with Crippen molar-refractivity contribution in [2.24, 2.45) is 0 Å². The number of para-hydroxylation sites is 2. The number of hydrogen-bond donors (Lipinski definition) is 0. The summed E-state index contributed by atoms with van der Waals surface area (Å²) in [7, 11) is 0. The number of benzene rings is 3. The van der Waals surface area contributed by atoms with Crippen LogP contribution in [0.25, 0.3) is 17.0 Å². The number of ether oxygens (including phenoxy) is 3. The molecule has 0 fully saturated rings. The fourth-order valence-electron chi connectivity index (χ4n) is 3.31. The molecule has 4 rings (SSSR count). The summed E-state index contributed by atoms with van der Waals surface area (Å²) in [5.41, 5.74) is 2.28. The number of fused-ring (bicyclic) bond motifs is 1. The molecule has 0 unspecified atom stereocenters. The molecule has 0 saturated carbocycles. The van der Waals surface area contributed by atoms with E-state index in [1.54, 1.807) is 43.3 Å². The molecule has 0 amide bonds. The van der Waals surface area contributed by atoms with Crippen LogP contribution in [0.3, 0.4) is 0 Å². The second-order valence-corrected chi connectivity index (χ2v) is 7.19. The third-order valence-electron chi connectivity index (χ3n) is 4.97. The van der Waals surface area contributed by atoms with Crippen LogP contribution >= 0.6 is 0 Å². The largest absolute Gasteiger partial charge is 0.490 e. The van der Waals surface area contributed by atoms with Gasteiger partial charge in [0.05, 0.1) is 12.0 Å². The smallest absolute Gasteiger partial charge is 0.235 e. The molecule has 5 heteroatoms. The Kier molecular flexibility index (Phi) is 6.26. The van der Waals surface area contributed by atoms with E-state index in [9.17, 15) is 4.79 Å². The third kappa shape index (κ3) is 4.52. The number of aryl methyl sites for hydroxylation is 1. The monoisotopic (exact) mass is 428 g/mol. The fourth-order valence-corrected chi connectivity index (χ4v) is 3.31. The van der Waals surface area contributed by atoms with Gasteiger partial charge < -0.3 is 18.6 Å². The number of rotatable bonds is 8. The minimum Gasteiger partial charge on any atom is -0.490 e. The van der Waals surface area contributed by atoms with E-state index in [2.05, 4.69) is 6.58 Å². The van der Waals surface area contributed by atoms with Crippen molar-refractivity contribution in [3.8, 4) is 23.0 Å². The molecule has 1 aromatic heterocycles. The predicted octanol–water partition coefficient (Wildman–Crippen LogP) is 6.51. The molecule has 5 nitrogen and oxygen atoms in total.